The fraction of sp³-hybridized carbons (Fsp3) is 0.417. The number of benzene rings is 1. The topological polar surface area (TPSA) is 26.3 Å². The number of rotatable bonds is 3. The number of hydrogen-bond donors (Lipinski definition) is 0. The summed E-state index contributed by atoms with van der Waals surface area (Å²) in [5.74, 6) is -0.371. The van der Waals surface area contributed by atoms with Crippen molar-refractivity contribution in [2.24, 2.45) is 0 Å². The molecule has 0 aliphatic heterocycles. The first-order valence-corrected chi connectivity index (χ1v) is 5.08. The van der Waals surface area contributed by atoms with Gasteiger partial charge < -0.3 is 4.74 Å². The van der Waals surface area contributed by atoms with Crippen LogP contribution in [0.3, 0.4) is 0 Å². The summed E-state index contributed by atoms with van der Waals surface area (Å²) < 4.78 is 41.7. The molecule has 0 bridgehead atoms. The van der Waals surface area contributed by atoms with E-state index in [4.69, 9.17) is 0 Å². The second-order valence-corrected chi connectivity index (χ2v) is 3.72. The molecule has 17 heavy (non-hydrogen) atoms. The molecule has 1 aromatic rings. The fourth-order valence-corrected chi connectivity index (χ4v) is 1.49. The molecule has 94 valence electrons. The molecule has 2 nitrogen and oxygen atoms in total. The molecule has 5 heteroatoms. The second-order valence-electron chi connectivity index (χ2n) is 3.72. The zero-order chi connectivity index (χ0) is 13.1. The van der Waals surface area contributed by atoms with Crippen molar-refractivity contribution in [1.82, 2.24) is 0 Å². The normalized spacial score (nSPS) is 11.4. The van der Waals surface area contributed by atoms with Crippen molar-refractivity contribution in [2.45, 2.75) is 25.9 Å². The van der Waals surface area contributed by atoms with Crippen LogP contribution in [0.4, 0.5) is 13.2 Å². The molecule has 0 saturated carbocycles. The number of methoxy groups -OCH3 is 1. The van der Waals surface area contributed by atoms with Crippen LogP contribution in [0.5, 0.6) is 0 Å². The third kappa shape index (κ3) is 3.76. The average molecular weight is 246 g/mol. The van der Waals surface area contributed by atoms with Crippen molar-refractivity contribution in [3.05, 3.63) is 34.9 Å². The Labute approximate surface area is 97.4 Å². The first kappa shape index (κ1) is 13.5. The van der Waals surface area contributed by atoms with Crippen LogP contribution in [0.1, 0.15) is 23.1 Å². The third-order valence-electron chi connectivity index (χ3n) is 2.50. The summed E-state index contributed by atoms with van der Waals surface area (Å²) in [7, 11) is 1.28. The number of esters is 1. The van der Waals surface area contributed by atoms with Gasteiger partial charge in [-0.15, -0.1) is 0 Å². The maximum absolute atomic E-state index is 12.4. The Bertz CT molecular complexity index is 411. The van der Waals surface area contributed by atoms with Crippen LogP contribution in [0.25, 0.3) is 0 Å². The molecule has 0 aliphatic rings. The van der Waals surface area contributed by atoms with Gasteiger partial charge in [-0.05, 0) is 36.6 Å². The lowest BCUT2D eigenvalue weighted by atomic mass is 10.0. The second kappa shape index (κ2) is 5.21. The molecule has 0 spiro atoms. The van der Waals surface area contributed by atoms with Gasteiger partial charge in [-0.1, -0.05) is 6.07 Å². The van der Waals surface area contributed by atoms with Gasteiger partial charge >= 0.3 is 12.1 Å². The lowest BCUT2D eigenvalue weighted by Gasteiger charge is -2.10. The first-order chi connectivity index (χ1) is 7.84. The van der Waals surface area contributed by atoms with Crippen molar-refractivity contribution < 1.29 is 22.7 Å². The molecule has 0 atom stereocenters. The molecule has 0 amide bonds. The quantitative estimate of drug-likeness (QED) is 0.766. The van der Waals surface area contributed by atoms with Gasteiger partial charge in [0.1, 0.15) is 0 Å². The van der Waals surface area contributed by atoms with E-state index in [0.717, 1.165) is 17.7 Å². The standard InChI is InChI=1S/C12H13F3O2/c1-8-7-10(12(13,14)15)5-3-9(8)4-6-11(16)17-2/h3,5,7H,4,6H2,1-2H3. The Morgan fingerprint density at radius 2 is 2.00 bits per heavy atom. The van der Waals surface area contributed by atoms with Gasteiger partial charge in [0.25, 0.3) is 0 Å². The van der Waals surface area contributed by atoms with Crippen LogP contribution in [-0.2, 0) is 22.1 Å². The summed E-state index contributed by atoms with van der Waals surface area (Å²) in [6, 6.07) is 3.52. The lowest BCUT2D eigenvalue weighted by Crippen LogP contribution is -2.07. The molecule has 1 aromatic carbocycles. The Balaban J connectivity index is 2.80. The van der Waals surface area contributed by atoms with Gasteiger partial charge in [0.15, 0.2) is 0 Å². The summed E-state index contributed by atoms with van der Waals surface area (Å²) in [5.41, 5.74) is 0.587. The smallest absolute Gasteiger partial charge is 0.416 e. The highest BCUT2D eigenvalue weighted by Gasteiger charge is 2.30. The highest BCUT2D eigenvalue weighted by Crippen LogP contribution is 2.30. The number of hydrogen-bond acceptors (Lipinski definition) is 2. The molecule has 0 N–H and O–H groups in total. The summed E-state index contributed by atoms with van der Waals surface area (Å²) in [6.07, 6.45) is -3.77. The first-order valence-electron chi connectivity index (χ1n) is 5.08. The average Bonchev–Trinajstić information content (AvgIpc) is 2.25. The predicted octanol–water partition coefficient (Wildman–Crippen LogP) is 3.12. The van der Waals surface area contributed by atoms with E-state index in [9.17, 15) is 18.0 Å². The molecule has 0 aromatic heterocycles. The predicted molar refractivity (Wildman–Crippen MR) is 56.5 cm³/mol. The SMILES string of the molecule is COC(=O)CCc1ccc(C(F)(F)F)cc1C. The Morgan fingerprint density at radius 3 is 2.47 bits per heavy atom. The minimum Gasteiger partial charge on any atom is -0.469 e. The van der Waals surface area contributed by atoms with Gasteiger partial charge in [0, 0.05) is 6.42 Å². The Morgan fingerprint density at radius 1 is 1.35 bits per heavy atom. The molecule has 0 saturated heterocycles. The molecule has 0 fully saturated rings. The maximum atomic E-state index is 12.4. The third-order valence-corrected chi connectivity index (χ3v) is 2.50. The number of halogens is 3. The number of aryl methyl sites for hydroxylation is 2. The van der Waals surface area contributed by atoms with Crippen molar-refractivity contribution in [3.63, 3.8) is 0 Å². The van der Waals surface area contributed by atoms with Crippen LogP contribution in [-0.4, -0.2) is 13.1 Å². The molecular formula is C12H13F3O2. The van der Waals surface area contributed by atoms with Crippen molar-refractivity contribution in [3.8, 4) is 0 Å². The van der Waals surface area contributed by atoms with Crippen LogP contribution in [0, 0.1) is 6.92 Å². The van der Waals surface area contributed by atoms with Gasteiger partial charge in [-0.25, -0.2) is 0 Å². The molecule has 0 unspecified atom stereocenters. The van der Waals surface area contributed by atoms with E-state index in [1.54, 1.807) is 6.92 Å². The summed E-state index contributed by atoms with van der Waals surface area (Å²) in [5, 5.41) is 0. The largest absolute Gasteiger partial charge is 0.469 e. The molecule has 0 aliphatic carbocycles. The molecule has 0 radical (unpaired) electrons. The van der Waals surface area contributed by atoms with E-state index in [-0.39, 0.29) is 12.4 Å². The number of carbonyl (C=O) groups excluding carboxylic acids is 1. The van der Waals surface area contributed by atoms with Crippen LogP contribution in [0.15, 0.2) is 18.2 Å². The van der Waals surface area contributed by atoms with E-state index in [1.165, 1.54) is 13.2 Å². The summed E-state index contributed by atoms with van der Waals surface area (Å²) in [4.78, 5) is 10.9. The van der Waals surface area contributed by atoms with Crippen LogP contribution >= 0.6 is 0 Å². The number of ether oxygens (including phenoxy) is 1. The highest BCUT2D eigenvalue weighted by molar-refractivity contribution is 5.69. The number of alkyl halides is 3. The maximum Gasteiger partial charge on any atom is 0.416 e. The van der Waals surface area contributed by atoms with Crippen molar-refractivity contribution in [2.75, 3.05) is 7.11 Å². The van der Waals surface area contributed by atoms with Gasteiger partial charge in [-0.2, -0.15) is 13.2 Å². The minimum atomic E-state index is -4.33. The molecule has 0 heterocycles. The lowest BCUT2D eigenvalue weighted by molar-refractivity contribution is -0.140. The van der Waals surface area contributed by atoms with E-state index in [1.807, 2.05) is 0 Å². The fourth-order valence-electron chi connectivity index (χ4n) is 1.49. The van der Waals surface area contributed by atoms with E-state index >= 15 is 0 Å². The van der Waals surface area contributed by atoms with E-state index in [0.29, 0.717) is 12.0 Å². The zero-order valence-corrected chi connectivity index (χ0v) is 9.60. The van der Waals surface area contributed by atoms with Crippen LogP contribution in [0.2, 0.25) is 0 Å². The monoisotopic (exact) mass is 246 g/mol. The van der Waals surface area contributed by atoms with Crippen molar-refractivity contribution in [1.29, 1.82) is 0 Å². The van der Waals surface area contributed by atoms with Crippen molar-refractivity contribution >= 4 is 5.97 Å². The van der Waals surface area contributed by atoms with Gasteiger partial charge in [0.05, 0.1) is 12.7 Å². The van der Waals surface area contributed by atoms with Gasteiger partial charge in [-0.3, -0.25) is 4.79 Å². The summed E-state index contributed by atoms with van der Waals surface area (Å²) >= 11 is 0. The molecule has 1 rings (SSSR count). The Hall–Kier alpha value is -1.52. The minimum absolute atomic E-state index is 0.169. The van der Waals surface area contributed by atoms with Crippen LogP contribution < -0.4 is 0 Å². The van der Waals surface area contributed by atoms with E-state index in [2.05, 4.69) is 4.74 Å². The van der Waals surface area contributed by atoms with Gasteiger partial charge in [0.2, 0.25) is 0 Å². The number of carbonyl (C=O) groups is 1. The zero-order valence-electron chi connectivity index (χ0n) is 9.60. The highest BCUT2D eigenvalue weighted by atomic mass is 19.4. The summed E-state index contributed by atoms with van der Waals surface area (Å²) in [6.45, 7) is 1.60. The Kier molecular flexibility index (Phi) is 4.15. The molecular weight excluding hydrogens is 233 g/mol. The van der Waals surface area contributed by atoms with E-state index < -0.39 is 11.7 Å².